The molecule has 1 atom stereocenters. The van der Waals surface area contributed by atoms with Crippen molar-refractivity contribution in [3.8, 4) is 0 Å². The zero-order valence-electron chi connectivity index (χ0n) is 16.8. The van der Waals surface area contributed by atoms with Crippen LogP contribution in [0.15, 0.2) is 12.1 Å². The predicted octanol–water partition coefficient (Wildman–Crippen LogP) is 2.75. The number of fused-ring (bicyclic) bond motifs is 2. The summed E-state index contributed by atoms with van der Waals surface area (Å²) in [6.07, 6.45) is 0.0852. The Morgan fingerprint density at radius 2 is 1.78 bits per heavy atom. The molecule has 27 heavy (non-hydrogen) atoms. The molecule has 0 saturated carbocycles. The van der Waals surface area contributed by atoms with Crippen LogP contribution < -0.4 is 4.90 Å². The summed E-state index contributed by atoms with van der Waals surface area (Å²) in [6.45, 7) is 11.4. The number of ether oxygens (including phenoxy) is 1. The number of carbonyl (C=O) groups excluding carboxylic acids is 3. The topological polar surface area (TPSA) is 66.9 Å². The van der Waals surface area contributed by atoms with E-state index in [1.165, 1.54) is 4.90 Å². The summed E-state index contributed by atoms with van der Waals surface area (Å²) in [6, 6.07) is 3.98. The lowest BCUT2D eigenvalue weighted by Gasteiger charge is -2.26. The smallest absolute Gasteiger partial charge is 0.257 e. The normalized spacial score (nSPS) is 20.0. The molecule has 0 bridgehead atoms. The molecule has 2 heterocycles. The summed E-state index contributed by atoms with van der Waals surface area (Å²) in [7, 11) is -1.24. The standard InChI is InChI=1S/C20H28N2O4Si/c1-13-8-16-17(9-14(13)2)22(12-26-6-7-27(3,4)5)20(25)18-10-15(23)11-21(18)19(16)24/h8-9,18H,6-7,10-12H2,1-5H3/t18-/m0/s1. The third kappa shape index (κ3) is 3.99. The zero-order chi connectivity index (χ0) is 19.9. The molecule has 2 amide bonds. The summed E-state index contributed by atoms with van der Waals surface area (Å²) < 4.78 is 5.84. The van der Waals surface area contributed by atoms with Crippen LogP contribution in [-0.2, 0) is 14.3 Å². The average molecular weight is 389 g/mol. The van der Waals surface area contributed by atoms with E-state index in [-0.39, 0.29) is 37.3 Å². The van der Waals surface area contributed by atoms with Gasteiger partial charge in [-0.3, -0.25) is 19.3 Å². The van der Waals surface area contributed by atoms with Gasteiger partial charge in [0.15, 0.2) is 5.78 Å². The second kappa shape index (κ2) is 7.20. The van der Waals surface area contributed by atoms with E-state index in [1.807, 2.05) is 26.0 Å². The molecule has 6 nitrogen and oxygen atoms in total. The maximum Gasteiger partial charge on any atom is 0.257 e. The average Bonchev–Trinajstić information content (AvgIpc) is 2.94. The maximum absolute atomic E-state index is 13.2. The van der Waals surface area contributed by atoms with Crippen molar-refractivity contribution in [3.05, 3.63) is 28.8 Å². The van der Waals surface area contributed by atoms with Gasteiger partial charge in [0, 0.05) is 21.1 Å². The highest BCUT2D eigenvalue weighted by atomic mass is 28.3. The van der Waals surface area contributed by atoms with Crippen molar-refractivity contribution in [1.29, 1.82) is 0 Å². The maximum atomic E-state index is 13.2. The summed E-state index contributed by atoms with van der Waals surface area (Å²) >= 11 is 0. The summed E-state index contributed by atoms with van der Waals surface area (Å²) in [4.78, 5) is 41.1. The van der Waals surface area contributed by atoms with E-state index in [9.17, 15) is 14.4 Å². The minimum absolute atomic E-state index is 0.00588. The highest BCUT2D eigenvalue weighted by molar-refractivity contribution is 6.76. The number of aryl methyl sites for hydroxylation is 2. The molecule has 0 aromatic heterocycles. The molecule has 2 aliphatic rings. The van der Waals surface area contributed by atoms with Crippen molar-refractivity contribution in [1.82, 2.24) is 4.90 Å². The number of Topliss-reactive ketones (excluding diaryl/α,β-unsaturated/α-hetero) is 1. The Morgan fingerprint density at radius 1 is 1.11 bits per heavy atom. The molecule has 1 fully saturated rings. The molecule has 0 N–H and O–H groups in total. The monoisotopic (exact) mass is 388 g/mol. The van der Waals surface area contributed by atoms with Gasteiger partial charge in [-0.05, 0) is 43.2 Å². The minimum Gasteiger partial charge on any atom is -0.361 e. The van der Waals surface area contributed by atoms with Gasteiger partial charge >= 0.3 is 0 Å². The lowest BCUT2D eigenvalue weighted by atomic mass is 10.0. The first-order valence-electron chi connectivity index (χ1n) is 9.41. The van der Waals surface area contributed by atoms with Crippen LogP contribution in [-0.4, -0.2) is 56.5 Å². The van der Waals surface area contributed by atoms with Crippen LogP contribution in [0, 0.1) is 13.8 Å². The van der Waals surface area contributed by atoms with Gasteiger partial charge in [-0.25, -0.2) is 0 Å². The molecular formula is C20H28N2O4Si. The second-order valence-electron chi connectivity index (χ2n) is 8.76. The first-order valence-corrected chi connectivity index (χ1v) is 13.1. The van der Waals surface area contributed by atoms with Gasteiger partial charge < -0.3 is 9.64 Å². The SMILES string of the molecule is Cc1cc2c(cc1C)N(COCC[Si](C)(C)C)C(=O)[C@@H]1CC(=O)CN1C2=O. The molecule has 0 aliphatic carbocycles. The molecule has 2 aliphatic heterocycles. The molecule has 0 spiro atoms. The molecular weight excluding hydrogens is 360 g/mol. The van der Waals surface area contributed by atoms with E-state index in [0.717, 1.165) is 17.2 Å². The molecule has 1 aromatic rings. The third-order valence-corrected chi connectivity index (χ3v) is 7.01. The molecule has 0 radical (unpaired) electrons. The minimum atomic E-state index is -1.24. The van der Waals surface area contributed by atoms with E-state index >= 15 is 0 Å². The van der Waals surface area contributed by atoms with Gasteiger partial charge in [0.25, 0.3) is 11.8 Å². The Kier molecular flexibility index (Phi) is 5.27. The van der Waals surface area contributed by atoms with Crippen LogP contribution in [0.4, 0.5) is 5.69 Å². The van der Waals surface area contributed by atoms with Gasteiger partial charge in [-0.1, -0.05) is 19.6 Å². The second-order valence-corrected chi connectivity index (χ2v) is 14.4. The van der Waals surface area contributed by atoms with Crippen molar-refractivity contribution < 1.29 is 19.1 Å². The van der Waals surface area contributed by atoms with Gasteiger partial charge in [0.1, 0.15) is 12.8 Å². The van der Waals surface area contributed by atoms with Gasteiger partial charge in [0.05, 0.1) is 17.8 Å². The molecule has 1 saturated heterocycles. The van der Waals surface area contributed by atoms with Crippen molar-refractivity contribution in [2.45, 2.75) is 52.0 Å². The number of hydrogen-bond acceptors (Lipinski definition) is 4. The first kappa shape index (κ1) is 19.8. The number of anilines is 1. The van der Waals surface area contributed by atoms with Crippen LogP contribution in [0.1, 0.15) is 27.9 Å². The van der Waals surface area contributed by atoms with Crippen LogP contribution in [0.5, 0.6) is 0 Å². The van der Waals surface area contributed by atoms with E-state index < -0.39 is 14.1 Å². The number of carbonyl (C=O) groups is 3. The Morgan fingerprint density at radius 3 is 2.44 bits per heavy atom. The largest absolute Gasteiger partial charge is 0.361 e. The number of benzene rings is 1. The predicted molar refractivity (Wildman–Crippen MR) is 107 cm³/mol. The van der Waals surface area contributed by atoms with E-state index in [2.05, 4.69) is 19.6 Å². The van der Waals surface area contributed by atoms with Crippen LogP contribution >= 0.6 is 0 Å². The molecule has 146 valence electrons. The fourth-order valence-electron chi connectivity index (χ4n) is 3.44. The molecule has 3 rings (SSSR count). The first-order chi connectivity index (χ1) is 12.6. The lowest BCUT2D eigenvalue weighted by Crippen LogP contribution is -2.45. The van der Waals surface area contributed by atoms with Gasteiger partial charge in [0.2, 0.25) is 0 Å². The van der Waals surface area contributed by atoms with E-state index in [0.29, 0.717) is 17.9 Å². The number of nitrogens with zero attached hydrogens (tertiary/aromatic N) is 2. The molecule has 0 unspecified atom stereocenters. The molecule has 7 heteroatoms. The van der Waals surface area contributed by atoms with Crippen molar-refractivity contribution in [2.24, 2.45) is 0 Å². The molecule has 1 aromatic carbocycles. The highest BCUT2D eigenvalue weighted by Gasteiger charge is 2.45. The Balaban J connectivity index is 1.94. The highest BCUT2D eigenvalue weighted by Crippen LogP contribution is 2.33. The Bertz CT molecular complexity index is 800. The lowest BCUT2D eigenvalue weighted by molar-refractivity contribution is -0.124. The van der Waals surface area contributed by atoms with E-state index in [4.69, 9.17) is 4.74 Å². The number of amides is 2. The fourth-order valence-corrected chi connectivity index (χ4v) is 4.20. The van der Waals surface area contributed by atoms with Crippen molar-refractivity contribution in [3.63, 3.8) is 0 Å². The number of hydrogen-bond donors (Lipinski definition) is 0. The fraction of sp³-hybridized carbons (Fsp3) is 0.550. The summed E-state index contributed by atoms with van der Waals surface area (Å²) in [5, 5.41) is 0. The van der Waals surface area contributed by atoms with Gasteiger partial charge in [-0.2, -0.15) is 0 Å². The van der Waals surface area contributed by atoms with Crippen molar-refractivity contribution >= 4 is 31.4 Å². The van der Waals surface area contributed by atoms with Crippen LogP contribution in [0.2, 0.25) is 25.7 Å². The van der Waals surface area contributed by atoms with Crippen LogP contribution in [0.3, 0.4) is 0 Å². The Labute approximate surface area is 161 Å². The van der Waals surface area contributed by atoms with Gasteiger partial charge in [-0.15, -0.1) is 0 Å². The third-order valence-electron chi connectivity index (χ3n) is 5.31. The number of ketones is 1. The quantitative estimate of drug-likeness (QED) is 0.575. The summed E-state index contributed by atoms with van der Waals surface area (Å²) in [5.74, 6) is -0.556. The Hall–Kier alpha value is -1.99. The zero-order valence-corrected chi connectivity index (χ0v) is 17.8. The van der Waals surface area contributed by atoms with Crippen molar-refractivity contribution in [2.75, 3.05) is 24.8 Å². The summed E-state index contributed by atoms with van der Waals surface area (Å²) in [5.41, 5.74) is 3.05. The van der Waals surface area contributed by atoms with Crippen LogP contribution in [0.25, 0.3) is 0 Å². The van der Waals surface area contributed by atoms with E-state index in [1.54, 1.807) is 4.90 Å². The number of rotatable bonds is 5.